The monoisotopic (exact) mass is 246 g/mol. The highest BCUT2D eigenvalue weighted by molar-refractivity contribution is 6.32. The molecular weight excluding hydrogens is 232 g/mol. The van der Waals surface area contributed by atoms with Gasteiger partial charge in [0, 0.05) is 10.6 Å². The standard InChI is InChI=1S/C15H15ClO/c1-10-6-8-12(9-7-10)15(17)13-5-3-4-11(2)14(13)16/h3-9,15,17H,1-2H3. The summed E-state index contributed by atoms with van der Waals surface area (Å²) in [7, 11) is 0. The number of halogens is 1. The quantitative estimate of drug-likeness (QED) is 0.848. The first kappa shape index (κ1) is 12.2. The van der Waals surface area contributed by atoms with Gasteiger partial charge in [0.2, 0.25) is 0 Å². The Bertz CT molecular complexity index is 517. The zero-order chi connectivity index (χ0) is 12.4. The van der Waals surface area contributed by atoms with Gasteiger partial charge in [0.25, 0.3) is 0 Å². The van der Waals surface area contributed by atoms with Gasteiger partial charge < -0.3 is 5.11 Å². The molecule has 2 heteroatoms. The molecule has 0 saturated carbocycles. The van der Waals surface area contributed by atoms with Gasteiger partial charge >= 0.3 is 0 Å². The number of rotatable bonds is 2. The molecule has 0 aliphatic heterocycles. The van der Waals surface area contributed by atoms with Crippen molar-refractivity contribution in [2.45, 2.75) is 20.0 Å². The molecule has 0 aromatic heterocycles. The molecule has 1 atom stereocenters. The molecule has 2 aromatic rings. The minimum absolute atomic E-state index is 0.639. The van der Waals surface area contributed by atoms with Crippen LogP contribution in [-0.4, -0.2) is 5.11 Å². The van der Waals surface area contributed by atoms with Crippen molar-refractivity contribution < 1.29 is 5.11 Å². The van der Waals surface area contributed by atoms with Crippen LogP contribution in [0.25, 0.3) is 0 Å². The number of hydrogen-bond acceptors (Lipinski definition) is 1. The summed E-state index contributed by atoms with van der Waals surface area (Å²) >= 11 is 6.21. The number of aliphatic hydroxyl groups is 1. The third-order valence-electron chi connectivity index (χ3n) is 2.91. The molecule has 0 spiro atoms. The van der Waals surface area contributed by atoms with Crippen LogP contribution in [0.4, 0.5) is 0 Å². The van der Waals surface area contributed by atoms with E-state index >= 15 is 0 Å². The molecule has 88 valence electrons. The predicted octanol–water partition coefficient (Wildman–Crippen LogP) is 4.04. The van der Waals surface area contributed by atoms with Gasteiger partial charge in [-0.15, -0.1) is 0 Å². The van der Waals surface area contributed by atoms with Crippen LogP contribution in [0.3, 0.4) is 0 Å². The van der Waals surface area contributed by atoms with E-state index in [1.807, 2.05) is 56.3 Å². The Labute approximate surface area is 107 Å². The van der Waals surface area contributed by atoms with Crippen molar-refractivity contribution >= 4 is 11.6 Å². The zero-order valence-corrected chi connectivity index (χ0v) is 10.7. The molecule has 0 aliphatic carbocycles. The van der Waals surface area contributed by atoms with Crippen LogP contribution in [0.15, 0.2) is 42.5 Å². The van der Waals surface area contributed by atoms with E-state index < -0.39 is 6.10 Å². The third-order valence-corrected chi connectivity index (χ3v) is 3.43. The Morgan fingerprint density at radius 3 is 2.29 bits per heavy atom. The van der Waals surface area contributed by atoms with E-state index in [0.29, 0.717) is 5.02 Å². The summed E-state index contributed by atoms with van der Waals surface area (Å²) in [6.45, 7) is 3.96. The van der Waals surface area contributed by atoms with E-state index in [0.717, 1.165) is 16.7 Å². The lowest BCUT2D eigenvalue weighted by Crippen LogP contribution is -2.01. The molecule has 2 rings (SSSR count). The van der Waals surface area contributed by atoms with E-state index in [4.69, 9.17) is 11.6 Å². The van der Waals surface area contributed by atoms with E-state index in [2.05, 4.69) is 0 Å². The molecule has 17 heavy (non-hydrogen) atoms. The summed E-state index contributed by atoms with van der Waals surface area (Å²) in [6, 6.07) is 13.5. The highest BCUT2D eigenvalue weighted by atomic mass is 35.5. The molecule has 1 nitrogen and oxygen atoms in total. The van der Waals surface area contributed by atoms with Gasteiger partial charge in [0.05, 0.1) is 0 Å². The lowest BCUT2D eigenvalue weighted by molar-refractivity contribution is 0.220. The fourth-order valence-electron chi connectivity index (χ4n) is 1.81. The normalized spacial score (nSPS) is 12.5. The minimum Gasteiger partial charge on any atom is -0.384 e. The summed E-state index contributed by atoms with van der Waals surface area (Å²) in [4.78, 5) is 0. The van der Waals surface area contributed by atoms with Gasteiger partial charge in [0.1, 0.15) is 6.10 Å². The highest BCUT2D eigenvalue weighted by Crippen LogP contribution is 2.30. The molecule has 0 bridgehead atoms. The van der Waals surface area contributed by atoms with Crippen molar-refractivity contribution in [3.63, 3.8) is 0 Å². The molecule has 2 aromatic carbocycles. The van der Waals surface area contributed by atoms with Crippen LogP contribution < -0.4 is 0 Å². The van der Waals surface area contributed by atoms with Crippen molar-refractivity contribution in [3.8, 4) is 0 Å². The largest absolute Gasteiger partial charge is 0.384 e. The molecule has 1 unspecified atom stereocenters. The summed E-state index contributed by atoms with van der Waals surface area (Å²) in [5.41, 5.74) is 3.78. The summed E-state index contributed by atoms with van der Waals surface area (Å²) in [6.07, 6.45) is -0.664. The fourth-order valence-corrected chi connectivity index (χ4v) is 2.04. The molecule has 0 aliphatic rings. The highest BCUT2D eigenvalue weighted by Gasteiger charge is 2.14. The summed E-state index contributed by atoms with van der Waals surface area (Å²) in [5, 5.41) is 10.9. The summed E-state index contributed by atoms with van der Waals surface area (Å²) in [5.74, 6) is 0. The second-order valence-electron chi connectivity index (χ2n) is 4.29. The lowest BCUT2D eigenvalue weighted by Gasteiger charge is -2.14. The van der Waals surface area contributed by atoms with Crippen LogP contribution in [0, 0.1) is 13.8 Å². The third kappa shape index (κ3) is 2.51. The van der Waals surface area contributed by atoms with Crippen LogP contribution in [0.1, 0.15) is 28.4 Å². The maximum Gasteiger partial charge on any atom is 0.105 e. The van der Waals surface area contributed by atoms with Crippen molar-refractivity contribution in [2.24, 2.45) is 0 Å². The molecule has 0 heterocycles. The van der Waals surface area contributed by atoms with Gasteiger partial charge in [-0.05, 0) is 25.0 Å². The second kappa shape index (κ2) is 4.91. The van der Waals surface area contributed by atoms with Crippen LogP contribution in [0.5, 0.6) is 0 Å². The van der Waals surface area contributed by atoms with Crippen molar-refractivity contribution in [1.29, 1.82) is 0 Å². The van der Waals surface area contributed by atoms with Crippen LogP contribution in [-0.2, 0) is 0 Å². The average Bonchev–Trinajstić information content (AvgIpc) is 2.33. The van der Waals surface area contributed by atoms with Gasteiger partial charge in [0.15, 0.2) is 0 Å². The first-order chi connectivity index (χ1) is 8.09. The molecule has 0 amide bonds. The van der Waals surface area contributed by atoms with Gasteiger partial charge in [-0.1, -0.05) is 59.6 Å². The second-order valence-corrected chi connectivity index (χ2v) is 4.67. The van der Waals surface area contributed by atoms with Gasteiger partial charge in [-0.25, -0.2) is 0 Å². The topological polar surface area (TPSA) is 20.2 Å². The first-order valence-electron chi connectivity index (χ1n) is 5.59. The maximum atomic E-state index is 10.3. The van der Waals surface area contributed by atoms with Gasteiger partial charge in [-0.3, -0.25) is 0 Å². The molecule has 1 N–H and O–H groups in total. The van der Waals surface area contributed by atoms with E-state index in [1.165, 1.54) is 5.56 Å². The predicted molar refractivity (Wildman–Crippen MR) is 71.4 cm³/mol. The number of hydrogen-bond donors (Lipinski definition) is 1. The van der Waals surface area contributed by atoms with Crippen LogP contribution >= 0.6 is 11.6 Å². The van der Waals surface area contributed by atoms with Crippen LogP contribution in [0.2, 0.25) is 5.02 Å². The summed E-state index contributed by atoms with van der Waals surface area (Å²) < 4.78 is 0. The molecular formula is C15H15ClO. The Kier molecular flexibility index (Phi) is 3.51. The smallest absolute Gasteiger partial charge is 0.105 e. The molecule has 0 saturated heterocycles. The average molecular weight is 247 g/mol. The number of benzene rings is 2. The number of aliphatic hydroxyl groups excluding tert-OH is 1. The van der Waals surface area contributed by atoms with E-state index in [1.54, 1.807) is 0 Å². The number of aryl methyl sites for hydroxylation is 2. The molecule has 0 fully saturated rings. The Hall–Kier alpha value is -1.31. The maximum absolute atomic E-state index is 10.3. The van der Waals surface area contributed by atoms with E-state index in [9.17, 15) is 5.11 Å². The van der Waals surface area contributed by atoms with Crippen molar-refractivity contribution in [1.82, 2.24) is 0 Å². The lowest BCUT2D eigenvalue weighted by atomic mass is 9.99. The Balaban J connectivity index is 2.40. The Morgan fingerprint density at radius 1 is 1.00 bits per heavy atom. The first-order valence-corrected chi connectivity index (χ1v) is 5.97. The SMILES string of the molecule is Cc1ccc(C(O)c2cccc(C)c2Cl)cc1. The van der Waals surface area contributed by atoms with Crippen molar-refractivity contribution in [2.75, 3.05) is 0 Å². The van der Waals surface area contributed by atoms with E-state index in [-0.39, 0.29) is 0 Å². The van der Waals surface area contributed by atoms with Gasteiger partial charge in [-0.2, -0.15) is 0 Å². The van der Waals surface area contributed by atoms with Crippen molar-refractivity contribution in [3.05, 3.63) is 69.7 Å². The molecule has 0 radical (unpaired) electrons. The zero-order valence-electron chi connectivity index (χ0n) is 9.94. The minimum atomic E-state index is -0.664. The fraction of sp³-hybridized carbons (Fsp3) is 0.200. The Morgan fingerprint density at radius 2 is 1.65 bits per heavy atom.